The maximum absolute atomic E-state index is 9.10. The molecule has 3 N–H and O–H groups in total. The summed E-state index contributed by atoms with van der Waals surface area (Å²) in [6.45, 7) is 0.887. The van der Waals surface area contributed by atoms with Crippen molar-refractivity contribution in [3.63, 3.8) is 0 Å². The Labute approximate surface area is 105 Å². The molecule has 1 aliphatic rings. The monoisotopic (exact) mass is 255 g/mol. The zero-order valence-corrected chi connectivity index (χ0v) is 9.96. The SMILES string of the molecule is O=C(O)C(=O)O.c1coc(CNC2CCCC2)c1. The van der Waals surface area contributed by atoms with Crippen LogP contribution in [0.2, 0.25) is 0 Å². The van der Waals surface area contributed by atoms with Gasteiger partial charge in [-0.25, -0.2) is 9.59 Å². The quantitative estimate of drug-likeness (QED) is 0.707. The van der Waals surface area contributed by atoms with Gasteiger partial charge in [0.25, 0.3) is 0 Å². The minimum atomic E-state index is -1.82. The van der Waals surface area contributed by atoms with Crippen molar-refractivity contribution < 1.29 is 24.2 Å². The molecule has 0 bridgehead atoms. The number of carbonyl (C=O) groups is 2. The predicted octanol–water partition coefficient (Wildman–Crippen LogP) is 1.47. The summed E-state index contributed by atoms with van der Waals surface area (Å²) in [7, 11) is 0. The Kier molecular flexibility index (Phi) is 5.93. The van der Waals surface area contributed by atoms with E-state index in [4.69, 9.17) is 24.2 Å². The highest BCUT2D eigenvalue weighted by Crippen LogP contribution is 2.17. The van der Waals surface area contributed by atoms with Gasteiger partial charge in [0.05, 0.1) is 12.8 Å². The largest absolute Gasteiger partial charge is 0.473 e. The first kappa shape index (κ1) is 14.2. The van der Waals surface area contributed by atoms with Gasteiger partial charge in [-0.2, -0.15) is 0 Å². The predicted molar refractivity (Wildman–Crippen MR) is 63.1 cm³/mol. The summed E-state index contributed by atoms with van der Waals surface area (Å²) < 4.78 is 5.23. The Morgan fingerprint density at radius 2 is 1.89 bits per heavy atom. The molecule has 0 saturated heterocycles. The first-order valence-electron chi connectivity index (χ1n) is 5.81. The molecule has 0 aromatic carbocycles. The van der Waals surface area contributed by atoms with E-state index in [1.807, 2.05) is 12.1 Å². The number of carboxylic acid groups (broad SMARTS) is 2. The van der Waals surface area contributed by atoms with Crippen molar-refractivity contribution in [3.05, 3.63) is 24.2 Å². The van der Waals surface area contributed by atoms with E-state index in [0.717, 1.165) is 18.3 Å². The molecule has 0 radical (unpaired) electrons. The Bertz CT molecular complexity index is 356. The molecule has 0 spiro atoms. The Hall–Kier alpha value is -1.82. The number of hydrogen-bond acceptors (Lipinski definition) is 4. The highest BCUT2D eigenvalue weighted by Gasteiger charge is 2.13. The fourth-order valence-corrected chi connectivity index (χ4v) is 1.79. The molecule has 1 heterocycles. The molecule has 0 aliphatic heterocycles. The van der Waals surface area contributed by atoms with Crippen LogP contribution < -0.4 is 5.32 Å². The summed E-state index contributed by atoms with van der Waals surface area (Å²) in [5.74, 6) is -2.60. The van der Waals surface area contributed by atoms with E-state index in [2.05, 4.69) is 5.32 Å². The molecule has 100 valence electrons. The van der Waals surface area contributed by atoms with Crippen molar-refractivity contribution in [2.24, 2.45) is 0 Å². The maximum Gasteiger partial charge on any atom is 0.414 e. The lowest BCUT2D eigenvalue weighted by Crippen LogP contribution is -2.24. The van der Waals surface area contributed by atoms with E-state index >= 15 is 0 Å². The van der Waals surface area contributed by atoms with E-state index in [-0.39, 0.29) is 0 Å². The molecule has 0 unspecified atom stereocenters. The third-order valence-electron chi connectivity index (χ3n) is 2.68. The van der Waals surface area contributed by atoms with Crippen LogP contribution in [-0.2, 0) is 16.1 Å². The van der Waals surface area contributed by atoms with E-state index in [1.165, 1.54) is 25.7 Å². The van der Waals surface area contributed by atoms with E-state index in [9.17, 15) is 0 Å². The van der Waals surface area contributed by atoms with Crippen LogP contribution in [-0.4, -0.2) is 28.2 Å². The van der Waals surface area contributed by atoms with Gasteiger partial charge >= 0.3 is 11.9 Å². The summed E-state index contributed by atoms with van der Waals surface area (Å²) in [6, 6.07) is 4.68. The van der Waals surface area contributed by atoms with E-state index in [0.29, 0.717) is 0 Å². The molecule has 2 rings (SSSR count). The van der Waals surface area contributed by atoms with Crippen LogP contribution in [0.1, 0.15) is 31.4 Å². The molecule has 6 nitrogen and oxygen atoms in total. The summed E-state index contributed by atoms with van der Waals surface area (Å²) >= 11 is 0. The van der Waals surface area contributed by atoms with Crippen molar-refractivity contribution in [2.75, 3.05) is 0 Å². The molecule has 0 amide bonds. The number of nitrogens with one attached hydrogen (secondary N) is 1. The summed E-state index contributed by atoms with van der Waals surface area (Å²) in [6.07, 6.45) is 7.17. The average Bonchev–Trinajstić information content (AvgIpc) is 3.00. The van der Waals surface area contributed by atoms with Crippen LogP contribution in [0.5, 0.6) is 0 Å². The molecule has 6 heteroatoms. The zero-order chi connectivity index (χ0) is 13.4. The normalized spacial score (nSPS) is 14.9. The number of carboxylic acids is 2. The summed E-state index contributed by atoms with van der Waals surface area (Å²) in [5.41, 5.74) is 0. The third kappa shape index (κ3) is 5.49. The van der Waals surface area contributed by atoms with Crippen molar-refractivity contribution in [1.29, 1.82) is 0 Å². The van der Waals surface area contributed by atoms with Crippen LogP contribution in [0.4, 0.5) is 0 Å². The molecular weight excluding hydrogens is 238 g/mol. The van der Waals surface area contributed by atoms with Crippen molar-refractivity contribution in [2.45, 2.75) is 38.3 Å². The van der Waals surface area contributed by atoms with Gasteiger partial charge < -0.3 is 19.9 Å². The number of furan rings is 1. The Balaban J connectivity index is 0.000000232. The van der Waals surface area contributed by atoms with Crippen molar-refractivity contribution >= 4 is 11.9 Å². The molecule has 1 fully saturated rings. The maximum atomic E-state index is 9.10. The van der Waals surface area contributed by atoms with Crippen molar-refractivity contribution in [3.8, 4) is 0 Å². The van der Waals surface area contributed by atoms with Gasteiger partial charge in [-0.1, -0.05) is 12.8 Å². The van der Waals surface area contributed by atoms with Gasteiger partial charge in [-0.05, 0) is 25.0 Å². The van der Waals surface area contributed by atoms with Gasteiger partial charge in [0.1, 0.15) is 5.76 Å². The molecule has 1 aromatic heterocycles. The minimum Gasteiger partial charge on any atom is -0.473 e. The van der Waals surface area contributed by atoms with Gasteiger partial charge in [0.2, 0.25) is 0 Å². The van der Waals surface area contributed by atoms with Crippen LogP contribution >= 0.6 is 0 Å². The van der Waals surface area contributed by atoms with Gasteiger partial charge in [0, 0.05) is 6.04 Å². The molecule has 18 heavy (non-hydrogen) atoms. The van der Waals surface area contributed by atoms with Crippen LogP contribution in [0.25, 0.3) is 0 Å². The highest BCUT2D eigenvalue weighted by molar-refractivity contribution is 6.27. The lowest BCUT2D eigenvalue weighted by molar-refractivity contribution is -0.159. The molecule has 0 atom stereocenters. The first-order valence-corrected chi connectivity index (χ1v) is 5.81. The van der Waals surface area contributed by atoms with Crippen LogP contribution in [0, 0.1) is 0 Å². The zero-order valence-electron chi connectivity index (χ0n) is 9.96. The number of aliphatic carboxylic acids is 2. The second-order valence-corrected chi connectivity index (χ2v) is 4.05. The minimum absolute atomic E-state index is 0.732. The van der Waals surface area contributed by atoms with Gasteiger partial charge in [-0.15, -0.1) is 0 Å². The third-order valence-corrected chi connectivity index (χ3v) is 2.68. The molecule has 1 saturated carbocycles. The lowest BCUT2D eigenvalue weighted by Gasteiger charge is -2.09. The summed E-state index contributed by atoms with van der Waals surface area (Å²) in [5, 5.41) is 18.3. The topological polar surface area (TPSA) is 99.8 Å². The number of rotatable bonds is 3. The average molecular weight is 255 g/mol. The molecular formula is C12H17NO5. The second-order valence-electron chi connectivity index (χ2n) is 4.05. The van der Waals surface area contributed by atoms with Gasteiger partial charge in [-0.3, -0.25) is 0 Å². The first-order chi connectivity index (χ1) is 8.59. The highest BCUT2D eigenvalue weighted by atomic mass is 16.4. The van der Waals surface area contributed by atoms with E-state index in [1.54, 1.807) is 6.26 Å². The lowest BCUT2D eigenvalue weighted by atomic mass is 10.2. The molecule has 1 aliphatic carbocycles. The Morgan fingerprint density at radius 1 is 1.28 bits per heavy atom. The van der Waals surface area contributed by atoms with Crippen LogP contribution in [0.3, 0.4) is 0 Å². The number of hydrogen-bond donors (Lipinski definition) is 3. The smallest absolute Gasteiger partial charge is 0.414 e. The Morgan fingerprint density at radius 3 is 2.33 bits per heavy atom. The van der Waals surface area contributed by atoms with Crippen LogP contribution in [0.15, 0.2) is 22.8 Å². The summed E-state index contributed by atoms with van der Waals surface area (Å²) in [4.78, 5) is 18.2. The second kappa shape index (κ2) is 7.50. The standard InChI is InChI=1S/C10H15NO.C2H2O4/c1-2-5-9(4-1)11-8-10-6-3-7-12-10;3-1(4)2(5)6/h3,6-7,9,11H,1-2,4-5,8H2;(H,3,4)(H,5,6). The van der Waals surface area contributed by atoms with Gasteiger partial charge in [0.15, 0.2) is 0 Å². The molecule has 1 aromatic rings. The fourth-order valence-electron chi connectivity index (χ4n) is 1.79. The fraction of sp³-hybridized carbons (Fsp3) is 0.500. The van der Waals surface area contributed by atoms with E-state index < -0.39 is 11.9 Å². The van der Waals surface area contributed by atoms with Crippen molar-refractivity contribution in [1.82, 2.24) is 5.32 Å².